The van der Waals surface area contributed by atoms with Crippen molar-refractivity contribution in [2.75, 3.05) is 25.0 Å². The van der Waals surface area contributed by atoms with E-state index in [4.69, 9.17) is 4.74 Å². The summed E-state index contributed by atoms with van der Waals surface area (Å²) in [5.74, 6) is -0.338. The lowest BCUT2D eigenvalue weighted by atomic mass is 10.1. The Morgan fingerprint density at radius 2 is 1.90 bits per heavy atom. The number of nitrogens with one attached hydrogen (secondary N) is 1. The lowest BCUT2D eigenvalue weighted by Crippen LogP contribution is -2.42. The van der Waals surface area contributed by atoms with E-state index in [9.17, 15) is 9.59 Å². The smallest absolute Gasteiger partial charge is 0.254 e. The lowest BCUT2D eigenvalue weighted by molar-refractivity contribution is -0.117. The number of carbonyl (C=O) groups is 2. The maximum atomic E-state index is 13.1. The average molecular weight is 395 g/mol. The highest BCUT2D eigenvalue weighted by atomic mass is 16.5. The van der Waals surface area contributed by atoms with Gasteiger partial charge in [-0.25, -0.2) is 0 Å². The summed E-state index contributed by atoms with van der Waals surface area (Å²) < 4.78 is 5.72. The molecule has 1 heterocycles. The molecular weight excluding hydrogens is 364 g/mol. The van der Waals surface area contributed by atoms with E-state index in [-0.39, 0.29) is 24.5 Å². The zero-order chi connectivity index (χ0) is 20.8. The van der Waals surface area contributed by atoms with E-state index in [1.54, 1.807) is 4.90 Å². The van der Waals surface area contributed by atoms with Crippen molar-refractivity contribution in [1.82, 2.24) is 4.90 Å². The van der Waals surface area contributed by atoms with Gasteiger partial charge in [-0.2, -0.15) is 0 Å². The molecule has 1 aliphatic heterocycles. The number of hydrogen-bond donors (Lipinski definition) is 1. The third-order valence-corrected chi connectivity index (χ3v) is 5.56. The van der Waals surface area contributed by atoms with E-state index in [2.05, 4.69) is 12.2 Å². The van der Waals surface area contributed by atoms with Crippen LogP contribution in [-0.2, 0) is 16.0 Å². The standard InChI is InChI=1S/C24H30N2O3/c1-4-19-10-12-20(13-11-19)24(28)26(15-21-8-6-14-29-21)16-23(27)25-22-9-5-7-17(2)18(22)3/h5,7,9-13,21H,4,6,8,14-16H2,1-3H3,(H,25,27)/t21-/m0/s1. The number of carbonyl (C=O) groups excluding carboxylic acids is 2. The number of hydrogen-bond acceptors (Lipinski definition) is 3. The van der Waals surface area contributed by atoms with Crippen LogP contribution in [-0.4, -0.2) is 42.5 Å². The van der Waals surface area contributed by atoms with Gasteiger partial charge in [0.15, 0.2) is 0 Å². The summed E-state index contributed by atoms with van der Waals surface area (Å²) in [7, 11) is 0. The van der Waals surface area contributed by atoms with Crippen LogP contribution >= 0.6 is 0 Å². The molecular formula is C24H30N2O3. The van der Waals surface area contributed by atoms with Crippen LogP contribution in [0.5, 0.6) is 0 Å². The first kappa shape index (κ1) is 21.1. The molecule has 1 atom stereocenters. The topological polar surface area (TPSA) is 58.6 Å². The molecule has 5 nitrogen and oxygen atoms in total. The fourth-order valence-electron chi connectivity index (χ4n) is 3.57. The number of anilines is 1. The van der Waals surface area contributed by atoms with Crippen molar-refractivity contribution in [1.29, 1.82) is 0 Å². The van der Waals surface area contributed by atoms with E-state index in [0.29, 0.717) is 18.7 Å². The zero-order valence-electron chi connectivity index (χ0n) is 17.5. The molecule has 0 saturated carbocycles. The van der Waals surface area contributed by atoms with Crippen molar-refractivity contribution in [3.63, 3.8) is 0 Å². The summed E-state index contributed by atoms with van der Waals surface area (Å²) in [5, 5.41) is 2.96. The molecule has 1 saturated heterocycles. The molecule has 1 N–H and O–H groups in total. The van der Waals surface area contributed by atoms with Gasteiger partial charge in [0.2, 0.25) is 5.91 Å². The van der Waals surface area contributed by atoms with E-state index >= 15 is 0 Å². The molecule has 2 amide bonds. The molecule has 0 spiro atoms. The van der Waals surface area contributed by atoms with E-state index in [1.165, 1.54) is 5.56 Å². The van der Waals surface area contributed by atoms with Crippen LogP contribution in [0.4, 0.5) is 5.69 Å². The Morgan fingerprint density at radius 3 is 2.55 bits per heavy atom. The summed E-state index contributed by atoms with van der Waals surface area (Å²) in [6.07, 6.45) is 2.82. The fourth-order valence-corrected chi connectivity index (χ4v) is 3.57. The van der Waals surface area contributed by atoms with Crippen molar-refractivity contribution in [2.45, 2.75) is 46.1 Å². The van der Waals surface area contributed by atoms with E-state index in [0.717, 1.165) is 36.1 Å². The summed E-state index contributed by atoms with van der Waals surface area (Å²) in [6.45, 7) is 7.22. The fraction of sp³-hybridized carbons (Fsp3) is 0.417. The Hall–Kier alpha value is -2.66. The lowest BCUT2D eigenvalue weighted by Gasteiger charge is -2.25. The van der Waals surface area contributed by atoms with E-state index < -0.39 is 0 Å². The average Bonchev–Trinajstić information content (AvgIpc) is 3.23. The predicted molar refractivity (Wildman–Crippen MR) is 115 cm³/mol. The molecule has 154 valence electrons. The number of nitrogens with zero attached hydrogens (tertiary/aromatic N) is 1. The van der Waals surface area contributed by atoms with Gasteiger partial charge in [0, 0.05) is 24.4 Å². The quantitative estimate of drug-likeness (QED) is 0.768. The highest BCUT2D eigenvalue weighted by molar-refractivity contribution is 5.99. The maximum Gasteiger partial charge on any atom is 0.254 e. The van der Waals surface area contributed by atoms with Gasteiger partial charge in [-0.1, -0.05) is 31.2 Å². The SMILES string of the molecule is CCc1ccc(C(=O)N(CC(=O)Nc2cccc(C)c2C)C[C@@H]2CCCO2)cc1. The summed E-state index contributed by atoms with van der Waals surface area (Å²) in [6, 6.07) is 13.4. The van der Waals surface area contributed by atoms with Crippen molar-refractivity contribution in [2.24, 2.45) is 0 Å². The first-order valence-electron chi connectivity index (χ1n) is 10.3. The van der Waals surface area contributed by atoms with Gasteiger partial charge in [-0.15, -0.1) is 0 Å². The van der Waals surface area contributed by atoms with Gasteiger partial charge < -0.3 is 15.0 Å². The molecule has 0 bridgehead atoms. The second kappa shape index (κ2) is 9.70. The number of ether oxygens (including phenoxy) is 1. The molecule has 3 rings (SSSR count). The highest BCUT2D eigenvalue weighted by Crippen LogP contribution is 2.19. The van der Waals surface area contributed by atoms with Gasteiger partial charge in [-0.3, -0.25) is 9.59 Å². The van der Waals surface area contributed by atoms with E-state index in [1.807, 2.05) is 56.3 Å². The Bertz CT molecular complexity index is 855. The van der Waals surface area contributed by atoms with Crippen molar-refractivity contribution in [3.8, 4) is 0 Å². The first-order valence-corrected chi connectivity index (χ1v) is 10.3. The molecule has 29 heavy (non-hydrogen) atoms. The van der Waals surface area contributed by atoms with Crippen LogP contribution in [0, 0.1) is 13.8 Å². The van der Waals surface area contributed by atoms with Crippen molar-refractivity contribution in [3.05, 3.63) is 64.7 Å². The zero-order valence-corrected chi connectivity index (χ0v) is 17.5. The van der Waals surface area contributed by atoms with Gasteiger partial charge in [-0.05, 0) is 68.0 Å². The van der Waals surface area contributed by atoms with Gasteiger partial charge in [0.05, 0.1) is 6.10 Å². The minimum Gasteiger partial charge on any atom is -0.376 e. The Labute approximate surface area is 173 Å². The van der Waals surface area contributed by atoms with Gasteiger partial charge >= 0.3 is 0 Å². The Morgan fingerprint density at radius 1 is 1.14 bits per heavy atom. The number of benzene rings is 2. The summed E-state index contributed by atoms with van der Waals surface area (Å²) >= 11 is 0. The summed E-state index contributed by atoms with van der Waals surface area (Å²) in [5.41, 5.74) is 4.71. The van der Waals surface area contributed by atoms with Crippen LogP contribution in [0.1, 0.15) is 46.8 Å². The molecule has 2 aromatic rings. The molecule has 0 unspecified atom stereocenters. The third-order valence-electron chi connectivity index (χ3n) is 5.56. The largest absolute Gasteiger partial charge is 0.376 e. The number of aryl methyl sites for hydroxylation is 2. The predicted octanol–water partition coefficient (Wildman–Crippen LogP) is 4.13. The minimum absolute atomic E-state index is 0.00159. The highest BCUT2D eigenvalue weighted by Gasteiger charge is 2.25. The minimum atomic E-state index is -0.199. The molecule has 2 aromatic carbocycles. The Balaban J connectivity index is 1.74. The van der Waals surface area contributed by atoms with Crippen molar-refractivity contribution < 1.29 is 14.3 Å². The molecule has 0 aliphatic carbocycles. The molecule has 1 aliphatic rings. The number of amides is 2. The second-order valence-electron chi connectivity index (χ2n) is 7.67. The molecule has 0 radical (unpaired) electrons. The number of rotatable bonds is 7. The second-order valence-corrected chi connectivity index (χ2v) is 7.67. The van der Waals surface area contributed by atoms with Gasteiger partial charge in [0.1, 0.15) is 6.54 Å². The molecule has 0 aromatic heterocycles. The van der Waals surface area contributed by atoms with Crippen molar-refractivity contribution >= 4 is 17.5 Å². The van der Waals surface area contributed by atoms with Crippen LogP contribution in [0.2, 0.25) is 0 Å². The molecule has 1 fully saturated rings. The van der Waals surface area contributed by atoms with Crippen LogP contribution < -0.4 is 5.32 Å². The van der Waals surface area contributed by atoms with Crippen LogP contribution in [0.3, 0.4) is 0 Å². The summed E-state index contributed by atoms with van der Waals surface area (Å²) in [4.78, 5) is 27.5. The van der Waals surface area contributed by atoms with Gasteiger partial charge in [0.25, 0.3) is 5.91 Å². The molecule has 5 heteroatoms. The monoisotopic (exact) mass is 394 g/mol. The van der Waals surface area contributed by atoms with Crippen LogP contribution in [0.25, 0.3) is 0 Å². The Kier molecular flexibility index (Phi) is 7.04. The van der Waals surface area contributed by atoms with Crippen LogP contribution in [0.15, 0.2) is 42.5 Å². The third kappa shape index (κ3) is 5.45. The normalized spacial score (nSPS) is 15.9. The first-order chi connectivity index (χ1) is 14.0. The maximum absolute atomic E-state index is 13.1.